The fraction of sp³-hybridized carbons (Fsp3) is 0.435. The lowest BCUT2D eigenvalue weighted by Gasteiger charge is -2.44. The van der Waals surface area contributed by atoms with E-state index in [-0.39, 0.29) is 17.0 Å². The van der Waals surface area contributed by atoms with Crippen molar-refractivity contribution in [2.45, 2.75) is 51.6 Å². The quantitative estimate of drug-likeness (QED) is 0.716. The first-order chi connectivity index (χ1) is 12.9. The number of carbonyl (C=O) groups excluding carboxylic acids is 1. The first-order valence-electron chi connectivity index (χ1n) is 9.91. The molecule has 0 spiro atoms. The number of amides is 1. The van der Waals surface area contributed by atoms with Crippen LogP contribution < -0.4 is 10.4 Å². The highest BCUT2D eigenvalue weighted by atomic mass is 28.4. The summed E-state index contributed by atoms with van der Waals surface area (Å²) < 4.78 is 6.93. The molecule has 1 amide bonds. The van der Waals surface area contributed by atoms with E-state index in [1.54, 1.807) is 0 Å². The lowest BCUT2D eigenvalue weighted by atomic mass is 10.2. The van der Waals surface area contributed by atoms with Crippen molar-refractivity contribution in [3.63, 3.8) is 0 Å². The van der Waals surface area contributed by atoms with Crippen molar-refractivity contribution in [2.75, 3.05) is 13.2 Å². The van der Waals surface area contributed by atoms with E-state index in [0.717, 1.165) is 13.0 Å². The smallest absolute Gasteiger partial charge is 0.261 e. The first-order valence-corrected chi connectivity index (χ1v) is 11.8. The molecule has 1 heterocycles. The standard InChI is InChI=1S/C23H31NO2Si/c1-19(24-17-11-16-22(24)25)18-26-27(23(2,3)4,20-12-7-5-8-13-20)21-14-9-6-10-15-21/h5-10,12-15,19H,11,16-18H2,1-4H3/t19-/m0/s1. The Hall–Kier alpha value is -1.91. The fourth-order valence-electron chi connectivity index (χ4n) is 4.23. The predicted octanol–water partition coefficient (Wildman–Crippen LogP) is 3.57. The summed E-state index contributed by atoms with van der Waals surface area (Å²) in [6.07, 6.45) is 1.63. The van der Waals surface area contributed by atoms with Crippen molar-refractivity contribution in [3.05, 3.63) is 60.7 Å². The Balaban J connectivity index is 2.00. The summed E-state index contributed by atoms with van der Waals surface area (Å²) >= 11 is 0. The Morgan fingerprint density at radius 2 is 1.52 bits per heavy atom. The highest BCUT2D eigenvalue weighted by molar-refractivity contribution is 6.99. The van der Waals surface area contributed by atoms with Gasteiger partial charge >= 0.3 is 0 Å². The summed E-state index contributed by atoms with van der Waals surface area (Å²) in [4.78, 5) is 14.1. The van der Waals surface area contributed by atoms with Crippen molar-refractivity contribution in [1.82, 2.24) is 4.90 Å². The van der Waals surface area contributed by atoms with Gasteiger partial charge in [-0.1, -0.05) is 81.4 Å². The average Bonchev–Trinajstić information content (AvgIpc) is 3.09. The van der Waals surface area contributed by atoms with Crippen molar-refractivity contribution in [1.29, 1.82) is 0 Å². The van der Waals surface area contributed by atoms with Crippen LogP contribution in [0.4, 0.5) is 0 Å². The van der Waals surface area contributed by atoms with Crippen molar-refractivity contribution >= 4 is 24.6 Å². The van der Waals surface area contributed by atoms with Gasteiger partial charge in [-0.25, -0.2) is 0 Å². The van der Waals surface area contributed by atoms with E-state index in [1.807, 2.05) is 4.90 Å². The third-order valence-electron chi connectivity index (χ3n) is 5.60. The first kappa shape index (κ1) is 19.8. The molecule has 3 rings (SSSR count). The molecule has 3 nitrogen and oxygen atoms in total. The molecule has 144 valence electrons. The van der Waals surface area contributed by atoms with Crippen LogP contribution in [0.15, 0.2) is 60.7 Å². The second kappa shape index (κ2) is 7.99. The van der Waals surface area contributed by atoms with E-state index < -0.39 is 8.32 Å². The molecular weight excluding hydrogens is 350 g/mol. The summed E-state index contributed by atoms with van der Waals surface area (Å²) in [5.74, 6) is 0.258. The Labute approximate surface area is 164 Å². The third kappa shape index (κ3) is 3.87. The molecule has 0 radical (unpaired) electrons. The minimum Gasteiger partial charge on any atom is -0.405 e. The van der Waals surface area contributed by atoms with Gasteiger partial charge in [-0.15, -0.1) is 0 Å². The molecule has 4 heteroatoms. The molecule has 1 atom stereocenters. The predicted molar refractivity (Wildman–Crippen MR) is 114 cm³/mol. The van der Waals surface area contributed by atoms with Gasteiger partial charge in [0.2, 0.25) is 5.91 Å². The number of hydrogen-bond donors (Lipinski definition) is 0. The van der Waals surface area contributed by atoms with Crippen molar-refractivity contribution in [2.24, 2.45) is 0 Å². The monoisotopic (exact) mass is 381 g/mol. The number of benzene rings is 2. The zero-order valence-electron chi connectivity index (χ0n) is 16.9. The highest BCUT2D eigenvalue weighted by Crippen LogP contribution is 2.37. The Morgan fingerprint density at radius 1 is 1.00 bits per heavy atom. The molecular formula is C23H31NO2Si. The minimum absolute atomic E-state index is 0.0373. The van der Waals surface area contributed by atoms with Crippen LogP contribution in [-0.2, 0) is 9.22 Å². The van der Waals surface area contributed by atoms with E-state index in [0.29, 0.717) is 13.0 Å². The van der Waals surface area contributed by atoms with Gasteiger partial charge in [-0.3, -0.25) is 4.79 Å². The van der Waals surface area contributed by atoms with Gasteiger partial charge in [0, 0.05) is 13.0 Å². The normalized spacial score (nSPS) is 16.6. The Bertz CT molecular complexity index is 715. The number of nitrogens with zero attached hydrogens (tertiary/aromatic N) is 1. The Kier molecular flexibility index (Phi) is 5.87. The van der Waals surface area contributed by atoms with Crippen LogP contribution in [0.5, 0.6) is 0 Å². The lowest BCUT2D eigenvalue weighted by Crippen LogP contribution is -2.67. The molecule has 0 saturated carbocycles. The zero-order valence-corrected chi connectivity index (χ0v) is 17.9. The van der Waals surface area contributed by atoms with Gasteiger partial charge < -0.3 is 9.33 Å². The molecule has 1 aliphatic heterocycles. The maximum atomic E-state index is 12.2. The molecule has 2 aromatic rings. The molecule has 2 aromatic carbocycles. The molecule has 0 bridgehead atoms. The van der Waals surface area contributed by atoms with Gasteiger partial charge in [0.15, 0.2) is 0 Å². The largest absolute Gasteiger partial charge is 0.405 e. The van der Waals surface area contributed by atoms with Crippen molar-refractivity contribution < 1.29 is 9.22 Å². The highest BCUT2D eigenvalue weighted by Gasteiger charge is 2.50. The number of rotatable bonds is 6. The van der Waals surface area contributed by atoms with Crippen LogP contribution >= 0.6 is 0 Å². The summed E-state index contributed by atoms with van der Waals surface area (Å²) in [5, 5.41) is 2.53. The fourth-order valence-corrected chi connectivity index (χ4v) is 8.88. The number of carbonyl (C=O) groups is 1. The van der Waals surface area contributed by atoms with E-state index in [1.165, 1.54) is 10.4 Å². The maximum Gasteiger partial charge on any atom is 0.261 e. The topological polar surface area (TPSA) is 29.5 Å². The van der Waals surface area contributed by atoms with Crippen LogP contribution in [0.1, 0.15) is 40.5 Å². The average molecular weight is 382 g/mol. The zero-order chi connectivity index (χ0) is 19.5. The van der Waals surface area contributed by atoms with Gasteiger partial charge in [0.25, 0.3) is 8.32 Å². The summed E-state index contributed by atoms with van der Waals surface area (Å²) in [7, 11) is -2.52. The lowest BCUT2D eigenvalue weighted by molar-refractivity contribution is -0.129. The van der Waals surface area contributed by atoms with Gasteiger partial charge in [-0.2, -0.15) is 0 Å². The van der Waals surface area contributed by atoms with E-state index >= 15 is 0 Å². The molecule has 1 saturated heterocycles. The Morgan fingerprint density at radius 3 is 1.93 bits per heavy atom. The summed E-state index contributed by atoms with van der Waals surface area (Å²) in [5.41, 5.74) is 0. The minimum atomic E-state index is -2.52. The second-order valence-corrected chi connectivity index (χ2v) is 12.8. The number of hydrogen-bond acceptors (Lipinski definition) is 2. The molecule has 0 unspecified atom stereocenters. The van der Waals surface area contributed by atoms with E-state index in [2.05, 4.69) is 88.4 Å². The van der Waals surface area contributed by atoms with Crippen LogP contribution in [0, 0.1) is 0 Å². The van der Waals surface area contributed by atoms with Gasteiger partial charge in [0.05, 0.1) is 12.6 Å². The molecule has 0 N–H and O–H groups in total. The maximum absolute atomic E-state index is 12.2. The van der Waals surface area contributed by atoms with Gasteiger partial charge in [0.1, 0.15) is 0 Å². The van der Waals surface area contributed by atoms with Crippen LogP contribution in [0.2, 0.25) is 5.04 Å². The SMILES string of the molecule is C[C@@H](CO[Si](c1ccccc1)(c1ccccc1)C(C)(C)C)N1CCCC1=O. The van der Waals surface area contributed by atoms with Crippen LogP contribution in [0.25, 0.3) is 0 Å². The van der Waals surface area contributed by atoms with Gasteiger partial charge in [-0.05, 0) is 28.8 Å². The van der Waals surface area contributed by atoms with Crippen molar-refractivity contribution in [3.8, 4) is 0 Å². The van der Waals surface area contributed by atoms with Crippen LogP contribution in [-0.4, -0.2) is 38.3 Å². The second-order valence-electron chi connectivity index (χ2n) is 8.51. The summed E-state index contributed by atoms with van der Waals surface area (Å²) in [6.45, 7) is 10.4. The molecule has 27 heavy (non-hydrogen) atoms. The molecule has 0 aliphatic carbocycles. The third-order valence-corrected chi connectivity index (χ3v) is 10.6. The molecule has 1 fully saturated rings. The number of likely N-dealkylation sites (tertiary alicyclic amines) is 1. The van der Waals surface area contributed by atoms with Crippen LogP contribution in [0.3, 0.4) is 0 Å². The molecule has 1 aliphatic rings. The molecule has 0 aromatic heterocycles. The van der Waals surface area contributed by atoms with E-state index in [4.69, 9.17) is 4.43 Å². The summed E-state index contributed by atoms with van der Waals surface area (Å²) in [6, 6.07) is 21.4. The van der Waals surface area contributed by atoms with E-state index in [9.17, 15) is 4.79 Å².